The molecule has 1 aromatic rings. The summed E-state index contributed by atoms with van der Waals surface area (Å²) in [5.41, 5.74) is 0.494. The summed E-state index contributed by atoms with van der Waals surface area (Å²) in [5, 5.41) is 23.2. The van der Waals surface area contributed by atoms with Crippen LogP contribution in [0.15, 0.2) is 11.4 Å². The zero-order valence-corrected chi connectivity index (χ0v) is 12.7. The van der Waals surface area contributed by atoms with Crippen molar-refractivity contribution in [2.24, 2.45) is 0 Å². The molecule has 0 aromatic carbocycles. The molecular weight excluding hydrogens is 290 g/mol. The maximum absolute atomic E-state index is 11.9. The van der Waals surface area contributed by atoms with Crippen LogP contribution in [0.3, 0.4) is 0 Å². The van der Waals surface area contributed by atoms with Crippen LogP contribution in [0.25, 0.3) is 0 Å². The highest BCUT2D eigenvalue weighted by atomic mass is 32.1. The number of anilines is 1. The van der Waals surface area contributed by atoms with Gasteiger partial charge in [0.15, 0.2) is 0 Å². The number of morpholine rings is 1. The third kappa shape index (κ3) is 4.51. The van der Waals surface area contributed by atoms with E-state index in [1.165, 1.54) is 11.3 Å². The number of amides is 1. The van der Waals surface area contributed by atoms with Crippen LogP contribution in [-0.2, 0) is 9.53 Å². The van der Waals surface area contributed by atoms with Gasteiger partial charge in [-0.15, -0.1) is 11.3 Å². The van der Waals surface area contributed by atoms with Crippen molar-refractivity contribution in [2.75, 3.05) is 31.6 Å². The van der Waals surface area contributed by atoms with Crippen molar-refractivity contribution in [1.82, 2.24) is 4.90 Å². The van der Waals surface area contributed by atoms with E-state index in [4.69, 9.17) is 10.00 Å². The number of rotatable bonds is 5. The standard InChI is InChI=1S/C14H19N3O3S/c1-10-7-17(8-12(9-18)20-10)4-2-13(19)16-14-11(6-15)3-5-21-14/h3,5,10,12,18H,2,4,7-9H2,1H3,(H,16,19). The molecule has 114 valence electrons. The number of thiophene rings is 1. The van der Waals surface area contributed by atoms with Crippen molar-refractivity contribution < 1.29 is 14.6 Å². The molecule has 1 aliphatic rings. The first kappa shape index (κ1) is 15.9. The second-order valence-electron chi connectivity index (χ2n) is 5.08. The van der Waals surface area contributed by atoms with Gasteiger partial charge in [0.05, 0.1) is 24.4 Å². The van der Waals surface area contributed by atoms with Gasteiger partial charge in [-0.25, -0.2) is 0 Å². The van der Waals surface area contributed by atoms with E-state index in [1.807, 2.05) is 13.0 Å². The number of hydrogen-bond donors (Lipinski definition) is 2. The number of carbonyl (C=O) groups excluding carboxylic acids is 1. The van der Waals surface area contributed by atoms with Crippen molar-refractivity contribution in [3.63, 3.8) is 0 Å². The summed E-state index contributed by atoms with van der Waals surface area (Å²) in [6.45, 7) is 3.96. The van der Waals surface area contributed by atoms with Crippen LogP contribution in [0.1, 0.15) is 18.9 Å². The number of aliphatic hydroxyl groups excluding tert-OH is 1. The fourth-order valence-electron chi connectivity index (χ4n) is 2.37. The Morgan fingerprint density at radius 2 is 2.48 bits per heavy atom. The average molecular weight is 309 g/mol. The van der Waals surface area contributed by atoms with Crippen molar-refractivity contribution in [3.8, 4) is 6.07 Å². The van der Waals surface area contributed by atoms with Crippen LogP contribution in [0.5, 0.6) is 0 Å². The maximum Gasteiger partial charge on any atom is 0.226 e. The lowest BCUT2D eigenvalue weighted by Crippen LogP contribution is -2.48. The number of nitrogens with one attached hydrogen (secondary N) is 1. The topological polar surface area (TPSA) is 85.6 Å². The van der Waals surface area contributed by atoms with Gasteiger partial charge in [-0.2, -0.15) is 5.26 Å². The van der Waals surface area contributed by atoms with E-state index in [2.05, 4.69) is 10.2 Å². The smallest absolute Gasteiger partial charge is 0.226 e. The van der Waals surface area contributed by atoms with Crippen molar-refractivity contribution in [2.45, 2.75) is 25.6 Å². The molecule has 2 rings (SSSR count). The summed E-state index contributed by atoms with van der Waals surface area (Å²) in [6.07, 6.45) is 0.230. The molecule has 2 atom stereocenters. The van der Waals surface area contributed by atoms with E-state index < -0.39 is 0 Å². The molecule has 2 heterocycles. The quantitative estimate of drug-likeness (QED) is 0.848. The zero-order chi connectivity index (χ0) is 15.2. The van der Waals surface area contributed by atoms with Crippen molar-refractivity contribution in [3.05, 3.63) is 17.0 Å². The van der Waals surface area contributed by atoms with Crippen LogP contribution in [0, 0.1) is 11.3 Å². The molecule has 1 amide bonds. The number of carbonyl (C=O) groups is 1. The number of aliphatic hydroxyl groups is 1. The first-order chi connectivity index (χ1) is 10.1. The van der Waals surface area contributed by atoms with Crippen LogP contribution in [0.2, 0.25) is 0 Å². The molecule has 0 bridgehead atoms. The maximum atomic E-state index is 11.9. The lowest BCUT2D eigenvalue weighted by atomic mass is 10.2. The van der Waals surface area contributed by atoms with Gasteiger partial charge < -0.3 is 15.2 Å². The van der Waals surface area contributed by atoms with E-state index in [0.717, 1.165) is 6.54 Å². The first-order valence-corrected chi connectivity index (χ1v) is 7.76. The minimum absolute atomic E-state index is 0.00619. The number of nitriles is 1. The second-order valence-corrected chi connectivity index (χ2v) is 6.00. The Hall–Kier alpha value is -1.46. The summed E-state index contributed by atoms with van der Waals surface area (Å²) >= 11 is 1.35. The highest BCUT2D eigenvalue weighted by molar-refractivity contribution is 7.14. The van der Waals surface area contributed by atoms with E-state index in [0.29, 0.717) is 30.1 Å². The highest BCUT2D eigenvalue weighted by Crippen LogP contribution is 2.22. The molecule has 0 spiro atoms. The Balaban J connectivity index is 1.80. The first-order valence-electron chi connectivity index (χ1n) is 6.88. The summed E-state index contributed by atoms with van der Waals surface area (Å²) < 4.78 is 5.56. The molecular formula is C14H19N3O3S. The Labute approximate surface area is 127 Å². The van der Waals surface area contributed by atoms with Crippen molar-refractivity contribution in [1.29, 1.82) is 5.26 Å². The number of hydrogen-bond acceptors (Lipinski definition) is 6. The van der Waals surface area contributed by atoms with Crippen molar-refractivity contribution >= 4 is 22.2 Å². The molecule has 1 saturated heterocycles. The summed E-state index contributed by atoms with van der Waals surface area (Å²) in [4.78, 5) is 14.1. The largest absolute Gasteiger partial charge is 0.394 e. The zero-order valence-electron chi connectivity index (χ0n) is 11.9. The molecule has 2 unspecified atom stereocenters. The summed E-state index contributed by atoms with van der Waals surface area (Å²) in [5.74, 6) is -0.103. The Bertz CT molecular complexity index is 526. The second kappa shape index (κ2) is 7.52. The lowest BCUT2D eigenvalue weighted by molar-refractivity contribution is -0.118. The molecule has 6 nitrogen and oxygen atoms in total. The summed E-state index contributed by atoms with van der Waals surface area (Å²) in [7, 11) is 0. The molecule has 7 heteroatoms. The summed E-state index contributed by atoms with van der Waals surface area (Å²) in [6, 6.07) is 3.74. The average Bonchev–Trinajstić information content (AvgIpc) is 2.91. The third-order valence-electron chi connectivity index (χ3n) is 3.30. The van der Waals surface area contributed by atoms with Gasteiger partial charge in [0.2, 0.25) is 5.91 Å². The number of ether oxygens (including phenoxy) is 1. The van der Waals surface area contributed by atoms with Gasteiger partial charge in [-0.3, -0.25) is 9.69 Å². The Kier molecular flexibility index (Phi) is 5.70. The van der Waals surface area contributed by atoms with Gasteiger partial charge in [-0.1, -0.05) is 0 Å². The molecule has 0 aliphatic carbocycles. The minimum Gasteiger partial charge on any atom is -0.394 e. The monoisotopic (exact) mass is 309 g/mol. The molecule has 1 aliphatic heterocycles. The Morgan fingerprint density at radius 1 is 1.67 bits per heavy atom. The molecule has 1 aromatic heterocycles. The van der Waals surface area contributed by atoms with Gasteiger partial charge in [0, 0.05) is 26.1 Å². The van der Waals surface area contributed by atoms with Crippen LogP contribution in [0.4, 0.5) is 5.00 Å². The predicted octanol–water partition coefficient (Wildman–Crippen LogP) is 1.03. The van der Waals surface area contributed by atoms with Crippen LogP contribution >= 0.6 is 11.3 Å². The van der Waals surface area contributed by atoms with Gasteiger partial charge >= 0.3 is 0 Å². The molecule has 2 N–H and O–H groups in total. The number of nitrogens with zero attached hydrogens (tertiary/aromatic N) is 2. The normalized spacial score (nSPS) is 22.7. The molecule has 0 saturated carbocycles. The fourth-order valence-corrected chi connectivity index (χ4v) is 3.12. The molecule has 1 fully saturated rings. The van der Waals surface area contributed by atoms with E-state index >= 15 is 0 Å². The van der Waals surface area contributed by atoms with Crippen LogP contribution in [-0.4, -0.2) is 54.4 Å². The van der Waals surface area contributed by atoms with E-state index in [-0.39, 0.29) is 24.7 Å². The van der Waals surface area contributed by atoms with E-state index in [9.17, 15) is 9.90 Å². The Morgan fingerprint density at radius 3 is 3.19 bits per heavy atom. The highest BCUT2D eigenvalue weighted by Gasteiger charge is 2.24. The minimum atomic E-state index is -0.181. The van der Waals surface area contributed by atoms with Crippen LogP contribution < -0.4 is 5.32 Å². The predicted molar refractivity (Wildman–Crippen MR) is 80.1 cm³/mol. The van der Waals surface area contributed by atoms with Gasteiger partial charge in [0.1, 0.15) is 11.1 Å². The third-order valence-corrected chi connectivity index (χ3v) is 4.13. The van der Waals surface area contributed by atoms with Gasteiger partial charge in [0.25, 0.3) is 0 Å². The molecule has 0 radical (unpaired) electrons. The van der Waals surface area contributed by atoms with Gasteiger partial charge in [-0.05, 0) is 18.4 Å². The van der Waals surface area contributed by atoms with E-state index in [1.54, 1.807) is 11.4 Å². The SMILES string of the molecule is CC1CN(CCC(=O)Nc2sccc2C#N)CC(CO)O1. The molecule has 21 heavy (non-hydrogen) atoms. The lowest BCUT2D eigenvalue weighted by Gasteiger charge is -2.35. The fraction of sp³-hybridized carbons (Fsp3) is 0.571.